The van der Waals surface area contributed by atoms with Crippen LogP contribution in [0.3, 0.4) is 0 Å². The molecule has 2 atom stereocenters. The summed E-state index contributed by atoms with van der Waals surface area (Å²) in [6, 6.07) is -1.11. The van der Waals surface area contributed by atoms with E-state index in [1.54, 1.807) is 22.9 Å². The van der Waals surface area contributed by atoms with Crippen LogP contribution >= 0.6 is 32.1 Å². The summed E-state index contributed by atoms with van der Waals surface area (Å²) in [5, 5.41) is 8.53. The minimum atomic E-state index is -2.58. The first-order valence-corrected chi connectivity index (χ1v) is 4.90. The minimum Gasteiger partial charge on any atom is -0.480 e. The molecule has 0 aliphatic rings. The topological polar surface area (TPSA) is 40.5 Å². The summed E-state index contributed by atoms with van der Waals surface area (Å²) >= 11 is 1.71. The van der Waals surface area contributed by atoms with Gasteiger partial charge in [-0.2, -0.15) is 0 Å². The van der Waals surface area contributed by atoms with Crippen LogP contribution in [0.15, 0.2) is 0 Å². The van der Waals surface area contributed by atoms with E-state index in [2.05, 4.69) is 9.24 Å². The van der Waals surface area contributed by atoms with Crippen molar-refractivity contribution in [2.24, 2.45) is 0 Å². The molecule has 0 amide bonds. The van der Waals surface area contributed by atoms with Gasteiger partial charge >= 0.3 is 5.97 Å². The van der Waals surface area contributed by atoms with Gasteiger partial charge in [0.2, 0.25) is 6.43 Å². The number of alkyl halides is 2. The van der Waals surface area contributed by atoms with Crippen LogP contribution in [0.2, 0.25) is 0 Å². The van der Waals surface area contributed by atoms with Gasteiger partial charge in [0.1, 0.15) is 6.04 Å². The number of nitrogens with zero attached hydrogens (tertiary/aromatic N) is 1. The molecule has 0 heterocycles. The predicted molar refractivity (Wildman–Crippen MR) is 52.5 cm³/mol. The van der Waals surface area contributed by atoms with Crippen molar-refractivity contribution in [3.8, 4) is 0 Å². The van der Waals surface area contributed by atoms with E-state index in [4.69, 9.17) is 5.11 Å². The van der Waals surface area contributed by atoms with Gasteiger partial charge in [-0.3, -0.25) is 4.79 Å². The molecule has 0 aromatic carbocycles. The van der Waals surface area contributed by atoms with Crippen molar-refractivity contribution in [3.63, 3.8) is 0 Å². The summed E-state index contributed by atoms with van der Waals surface area (Å²) < 4.78 is 25.0. The van der Waals surface area contributed by atoms with Crippen molar-refractivity contribution < 1.29 is 18.7 Å². The summed E-state index contributed by atoms with van der Waals surface area (Å²) in [4.78, 5) is 10.4. The van der Waals surface area contributed by atoms with Gasteiger partial charge in [-0.15, -0.1) is 9.24 Å². The second-order valence-electron chi connectivity index (χ2n) is 2.06. The van der Waals surface area contributed by atoms with Gasteiger partial charge in [0.05, 0.1) is 0 Å². The van der Waals surface area contributed by atoms with E-state index in [0.29, 0.717) is 6.29 Å². The number of carboxylic acid groups (broad SMARTS) is 1. The molecule has 0 aliphatic heterocycles. The van der Waals surface area contributed by atoms with Crippen molar-refractivity contribution in [1.29, 1.82) is 0 Å². The fourth-order valence-corrected chi connectivity index (χ4v) is 1.35. The molecule has 0 saturated heterocycles. The molecule has 0 aromatic rings. The second-order valence-corrected chi connectivity index (χ2v) is 3.67. The molecule has 3 nitrogen and oxygen atoms in total. The normalized spacial score (nSPS) is 13.8. The average molecular weight is 311 g/mol. The summed E-state index contributed by atoms with van der Waals surface area (Å²) in [6.45, 7) is 0. The Balaban J connectivity index is 4.13. The van der Waals surface area contributed by atoms with E-state index in [-0.39, 0.29) is 0 Å². The summed E-state index contributed by atoms with van der Waals surface area (Å²) in [5.74, 6) is -1.22. The van der Waals surface area contributed by atoms with Crippen LogP contribution in [-0.4, -0.2) is 32.9 Å². The zero-order chi connectivity index (χ0) is 9.72. The van der Waals surface area contributed by atoms with Gasteiger partial charge in [-0.1, -0.05) is 0 Å². The fraction of sp³-hybridized carbons (Fsp3) is 0.800. The van der Waals surface area contributed by atoms with Crippen LogP contribution < -0.4 is 0 Å². The van der Waals surface area contributed by atoms with Gasteiger partial charge in [0, 0.05) is 35.6 Å². The van der Waals surface area contributed by atoms with Crippen LogP contribution in [0, 0.1) is 0 Å². The van der Waals surface area contributed by atoms with Gasteiger partial charge in [0.25, 0.3) is 0 Å². The Morgan fingerprint density at radius 1 is 1.67 bits per heavy atom. The maximum absolute atomic E-state index is 11.8. The molecule has 7 heteroatoms. The van der Waals surface area contributed by atoms with Gasteiger partial charge in [-0.05, 0) is 0 Å². The molecular weight excluding hydrogens is 302 g/mol. The van der Waals surface area contributed by atoms with Crippen LogP contribution in [0.5, 0.6) is 0 Å². The molecule has 2 unspecified atom stereocenters. The zero-order valence-electron chi connectivity index (χ0n) is 6.08. The molecule has 0 aliphatic carbocycles. The van der Waals surface area contributed by atoms with Crippen LogP contribution in [0.1, 0.15) is 6.42 Å². The van der Waals surface area contributed by atoms with Crippen LogP contribution in [0.25, 0.3) is 0 Å². The van der Waals surface area contributed by atoms with Crippen LogP contribution in [0.4, 0.5) is 8.78 Å². The number of hydrogen-bond donors (Lipinski definition) is 1. The second kappa shape index (κ2) is 5.99. The molecule has 72 valence electrons. The quantitative estimate of drug-likeness (QED) is 0.476. The first kappa shape index (κ1) is 12.4. The molecule has 0 fully saturated rings. The van der Waals surface area contributed by atoms with Crippen molar-refractivity contribution in [2.75, 3.05) is 6.29 Å². The monoisotopic (exact) mass is 311 g/mol. The number of hydrogen-bond acceptors (Lipinski definition) is 2. The third-order valence-corrected chi connectivity index (χ3v) is 3.40. The fourth-order valence-electron chi connectivity index (χ4n) is 0.631. The maximum Gasteiger partial charge on any atom is 0.321 e. The molecule has 0 aromatic heterocycles. The Morgan fingerprint density at radius 3 is 2.42 bits per heavy atom. The minimum absolute atomic E-state index is 0.351. The molecule has 0 saturated carbocycles. The van der Waals surface area contributed by atoms with Crippen molar-refractivity contribution >= 4 is 38.1 Å². The van der Waals surface area contributed by atoms with E-state index in [1.807, 2.05) is 0 Å². The first-order chi connectivity index (χ1) is 5.49. The average Bonchev–Trinajstić information content (AvgIpc) is 1.98. The standard InChI is InChI=1S/C5H9F2INO2P/c6-4(7)1-3(5(10)11)9(8)2-12/h3-4H,1-2,12H2,(H,10,11). The highest BCUT2D eigenvalue weighted by Crippen LogP contribution is 2.16. The number of carbonyl (C=O) groups is 1. The Hall–Kier alpha value is 0.450. The summed E-state index contributed by atoms with van der Waals surface area (Å²) in [6.07, 6.45) is -2.86. The Labute approximate surface area is 85.2 Å². The smallest absolute Gasteiger partial charge is 0.321 e. The Bertz CT molecular complexity index is 160. The molecule has 1 N–H and O–H groups in total. The molecular formula is C5H9F2INO2P. The van der Waals surface area contributed by atoms with Gasteiger partial charge in [0.15, 0.2) is 0 Å². The lowest BCUT2D eigenvalue weighted by Crippen LogP contribution is -2.35. The van der Waals surface area contributed by atoms with E-state index in [1.165, 1.54) is 3.11 Å². The van der Waals surface area contributed by atoms with E-state index < -0.39 is 24.9 Å². The van der Waals surface area contributed by atoms with Crippen LogP contribution in [-0.2, 0) is 4.79 Å². The predicted octanol–water partition coefficient (Wildman–Crippen LogP) is 1.58. The van der Waals surface area contributed by atoms with Crippen molar-refractivity contribution in [2.45, 2.75) is 18.9 Å². The highest BCUT2D eigenvalue weighted by atomic mass is 127. The lowest BCUT2D eigenvalue weighted by Gasteiger charge is -2.19. The first-order valence-electron chi connectivity index (χ1n) is 3.12. The third-order valence-electron chi connectivity index (χ3n) is 1.20. The summed E-state index contributed by atoms with van der Waals surface area (Å²) in [7, 11) is 2.28. The van der Waals surface area contributed by atoms with E-state index >= 15 is 0 Å². The molecule has 0 spiro atoms. The maximum atomic E-state index is 11.8. The van der Waals surface area contributed by atoms with Gasteiger partial charge in [-0.25, -0.2) is 11.9 Å². The number of halogens is 3. The van der Waals surface area contributed by atoms with E-state index in [0.717, 1.165) is 0 Å². The highest BCUT2D eigenvalue weighted by molar-refractivity contribution is 14.1. The van der Waals surface area contributed by atoms with Crippen molar-refractivity contribution in [1.82, 2.24) is 3.11 Å². The lowest BCUT2D eigenvalue weighted by atomic mass is 10.2. The van der Waals surface area contributed by atoms with E-state index in [9.17, 15) is 13.6 Å². The summed E-state index contributed by atoms with van der Waals surface area (Å²) in [5.41, 5.74) is 0. The number of aliphatic carboxylic acids is 1. The third kappa shape index (κ3) is 4.47. The highest BCUT2D eigenvalue weighted by Gasteiger charge is 2.26. The SMILES string of the molecule is O=C(O)C(CC(F)F)N(I)CP. The van der Waals surface area contributed by atoms with Gasteiger partial charge < -0.3 is 5.11 Å². The molecule has 0 bridgehead atoms. The molecule has 12 heavy (non-hydrogen) atoms. The Kier molecular flexibility index (Phi) is 6.21. The molecule has 0 rings (SSSR count). The lowest BCUT2D eigenvalue weighted by molar-refractivity contribution is -0.142. The number of carboxylic acids is 1. The Morgan fingerprint density at radius 2 is 2.17 bits per heavy atom. The largest absolute Gasteiger partial charge is 0.480 e. The van der Waals surface area contributed by atoms with Crippen molar-refractivity contribution in [3.05, 3.63) is 0 Å². The zero-order valence-corrected chi connectivity index (χ0v) is 9.40. The number of rotatable bonds is 5. The molecule has 0 radical (unpaired) electrons.